The maximum atomic E-state index is 2.25. The van der Waals surface area contributed by atoms with Crippen LogP contribution < -0.4 is 0 Å². The molecule has 0 N–H and O–H groups in total. The molecule has 0 heterocycles. The Labute approximate surface area is 66.0 Å². The zero-order chi connectivity index (χ0) is 5.54. The van der Waals surface area contributed by atoms with Crippen LogP contribution in [0, 0.1) is 0 Å². The molecule has 0 aliphatic carbocycles. The summed E-state index contributed by atoms with van der Waals surface area (Å²) in [5.41, 5.74) is 0. The van der Waals surface area contributed by atoms with Crippen molar-refractivity contribution in [2.75, 3.05) is 0 Å². The van der Waals surface area contributed by atoms with Crippen LogP contribution in [0.1, 0.15) is 32.6 Å². The molecule has 0 fully saturated rings. The first kappa shape index (κ1) is 11.5. The van der Waals surface area contributed by atoms with E-state index in [-0.39, 0.29) is 18.9 Å². The number of hydrogen-bond donors (Lipinski definition) is 0. The Morgan fingerprint density at radius 1 is 1.12 bits per heavy atom. The van der Waals surface area contributed by atoms with Gasteiger partial charge in [-0.2, -0.15) is 0 Å². The molecule has 0 amide bonds. The minimum absolute atomic E-state index is 0. The molecule has 0 bridgehead atoms. The first-order valence-electron chi connectivity index (χ1n) is 3.41. The van der Waals surface area contributed by atoms with Crippen LogP contribution in [0.15, 0.2) is 0 Å². The summed E-state index contributed by atoms with van der Waals surface area (Å²) in [5, 5.41) is 0. The Hall–Kier alpha value is 0.662. The molecule has 0 aliphatic rings. The molecular weight excluding hydrogens is 89.8 g/mol. The standard InChI is InChI=1S/C6H15B.Li.H/c1-2-3-4-5-6-7;;/h2-7H2,1H3;;. The SMILES string of the molecule is BCCCCCC.[LiH]. The van der Waals surface area contributed by atoms with Crippen molar-refractivity contribution in [1.82, 2.24) is 0 Å². The van der Waals surface area contributed by atoms with Crippen LogP contribution >= 0.6 is 0 Å². The fourth-order valence-corrected chi connectivity index (χ4v) is 0.677. The first-order valence-corrected chi connectivity index (χ1v) is 3.41. The van der Waals surface area contributed by atoms with Gasteiger partial charge in [-0.1, -0.05) is 38.9 Å². The van der Waals surface area contributed by atoms with Crippen molar-refractivity contribution in [1.29, 1.82) is 0 Å². The average Bonchev–Trinajstić information content (AvgIpc) is 1.69. The molecule has 8 heavy (non-hydrogen) atoms. The zero-order valence-electron chi connectivity index (χ0n) is 5.54. The summed E-state index contributed by atoms with van der Waals surface area (Å²) in [6.07, 6.45) is 7.01. The van der Waals surface area contributed by atoms with E-state index in [1.54, 1.807) is 0 Å². The van der Waals surface area contributed by atoms with Gasteiger partial charge in [0.15, 0.2) is 0 Å². The van der Waals surface area contributed by atoms with E-state index in [4.69, 9.17) is 0 Å². The molecule has 0 saturated carbocycles. The van der Waals surface area contributed by atoms with E-state index in [9.17, 15) is 0 Å². The first-order chi connectivity index (χ1) is 3.41. The van der Waals surface area contributed by atoms with Gasteiger partial charge in [-0.15, -0.1) is 0 Å². The predicted molar refractivity (Wildman–Crippen MR) is 44.6 cm³/mol. The molecule has 0 aromatic carbocycles. The molecule has 0 rings (SSSR count). The molecule has 0 saturated heterocycles. The summed E-state index contributed by atoms with van der Waals surface area (Å²) < 4.78 is 0. The third kappa shape index (κ3) is 9.83. The van der Waals surface area contributed by atoms with Crippen LogP contribution in [0.3, 0.4) is 0 Å². The summed E-state index contributed by atoms with van der Waals surface area (Å²) in [4.78, 5) is 0. The van der Waals surface area contributed by atoms with Gasteiger partial charge in [0.05, 0.1) is 0 Å². The average molecular weight is 106 g/mol. The van der Waals surface area contributed by atoms with Crippen molar-refractivity contribution in [3.63, 3.8) is 0 Å². The Morgan fingerprint density at radius 3 is 2.12 bits per heavy atom. The number of unbranched alkanes of at least 4 members (excludes halogenated alkanes) is 3. The molecule has 0 unspecified atom stereocenters. The van der Waals surface area contributed by atoms with E-state index in [1.165, 1.54) is 32.0 Å². The van der Waals surface area contributed by atoms with E-state index >= 15 is 0 Å². The van der Waals surface area contributed by atoms with Crippen molar-refractivity contribution in [2.45, 2.75) is 38.9 Å². The third-order valence-electron chi connectivity index (χ3n) is 1.21. The Morgan fingerprint density at radius 2 is 1.75 bits per heavy atom. The summed E-state index contributed by atoms with van der Waals surface area (Å²) >= 11 is 0. The molecule has 0 atom stereocenters. The Kier molecular flexibility index (Phi) is 15.2. The van der Waals surface area contributed by atoms with Crippen molar-refractivity contribution in [3.05, 3.63) is 0 Å². The van der Waals surface area contributed by atoms with E-state index < -0.39 is 0 Å². The van der Waals surface area contributed by atoms with Crippen molar-refractivity contribution in [3.8, 4) is 0 Å². The molecule has 0 radical (unpaired) electrons. The zero-order valence-corrected chi connectivity index (χ0v) is 5.54. The molecular formula is C6H16BLi. The second-order valence-corrected chi connectivity index (χ2v) is 2.06. The van der Waals surface area contributed by atoms with Crippen LogP contribution in [0.25, 0.3) is 0 Å². The molecule has 2 heteroatoms. The third-order valence-corrected chi connectivity index (χ3v) is 1.21. The second kappa shape index (κ2) is 10.6. The fraction of sp³-hybridized carbons (Fsp3) is 1.00. The van der Waals surface area contributed by atoms with Crippen molar-refractivity contribution >= 4 is 26.7 Å². The molecule has 0 aromatic heterocycles. The summed E-state index contributed by atoms with van der Waals surface area (Å²) in [6.45, 7) is 2.25. The van der Waals surface area contributed by atoms with E-state index in [0.717, 1.165) is 0 Å². The van der Waals surface area contributed by atoms with Crippen LogP contribution in [-0.4, -0.2) is 26.7 Å². The van der Waals surface area contributed by atoms with E-state index in [2.05, 4.69) is 14.8 Å². The van der Waals surface area contributed by atoms with Crippen LogP contribution in [-0.2, 0) is 0 Å². The van der Waals surface area contributed by atoms with Gasteiger partial charge in [-0.3, -0.25) is 0 Å². The van der Waals surface area contributed by atoms with Gasteiger partial charge in [0.25, 0.3) is 0 Å². The minimum atomic E-state index is 0. The van der Waals surface area contributed by atoms with Gasteiger partial charge in [0.1, 0.15) is 7.85 Å². The molecule has 44 valence electrons. The van der Waals surface area contributed by atoms with Crippen LogP contribution in [0.5, 0.6) is 0 Å². The van der Waals surface area contributed by atoms with E-state index in [1.807, 2.05) is 0 Å². The predicted octanol–water partition coefficient (Wildman–Crippen LogP) is 0.970. The number of hydrogen-bond acceptors (Lipinski definition) is 0. The molecule has 0 aromatic rings. The monoisotopic (exact) mass is 106 g/mol. The van der Waals surface area contributed by atoms with Crippen molar-refractivity contribution in [2.24, 2.45) is 0 Å². The van der Waals surface area contributed by atoms with Gasteiger partial charge in [0.2, 0.25) is 0 Å². The molecule has 0 nitrogen and oxygen atoms in total. The second-order valence-electron chi connectivity index (χ2n) is 2.06. The van der Waals surface area contributed by atoms with Crippen LogP contribution in [0.2, 0.25) is 6.32 Å². The van der Waals surface area contributed by atoms with E-state index in [0.29, 0.717) is 0 Å². The maximum absolute atomic E-state index is 2.25. The summed E-state index contributed by atoms with van der Waals surface area (Å²) in [6, 6.07) is 0. The molecule has 0 aliphatic heterocycles. The Balaban J connectivity index is 0. The fourth-order valence-electron chi connectivity index (χ4n) is 0.677. The normalized spacial score (nSPS) is 8.12. The van der Waals surface area contributed by atoms with Gasteiger partial charge < -0.3 is 0 Å². The van der Waals surface area contributed by atoms with Gasteiger partial charge in [0, 0.05) is 0 Å². The summed E-state index contributed by atoms with van der Waals surface area (Å²) in [5.74, 6) is 0. The van der Waals surface area contributed by atoms with Gasteiger partial charge in [-0.25, -0.2) is 0 Å². The number of rotatable bonds is 4. The quantitative estimate of drug-likeness (QED) is 0.370. The van der Waals surface area contributed by atoms with Gasteiger partial charge >= 0.3 is 18.9 Å². The van der Waals surface area contributed by atoms with Crippen molar-refractivity contribution < 1.29 is 0 Å². The topological polar surface area (TPSA) is 0 Å². The van der Waals surface area contributed by atoms with Crippen LogP contribution in [0.4, 0.5) is 0 Å². The molecule has 0 spiro atoms. The van der Waals surface area contributed by atoms with Gasteiger partial charge in [-0.05, 0) is 0 Å². The summed E-state index contributed by atoms with van der Waals surface area (Å²) in [7, 11) is 2.25. The Bertz CT molecular complexity index is 27.7.